The molecule has 0 aliphatic carbocycles. The molecule has 0 saturated heterocycles. The Kier molecular flexibility index (Phi) is 6.28. The Labute approximate surface area is 114 Å². The molecule has 5 heteroatoms. The minimum Gasteiger partial charge on any atom is -0.303 e. The van der Waals surface area contributed by atoms with E-state index in [1.54, 1.807) is 6.08 Å². The normalized spacial score (nSPS) is 11.3. The Hall–Kier alpha value is -1.49. The lowest BCUT2D eigenvalue weighted by Crippen LogP contribution is -2.02. The maximum atomic E-state index is 10.9. The van der Waals surface area contributed by atoms with Crippen LogP contribution in [0.4, 0.5) is 0 Å². The van der Waals surface area contributed by atoms with Crippen LogP contribution in [-0.4, -0.2) is 11.2 Å². The molecule has 0 heterocycles. The highest BCUT2D eigenvalue weighted by Crippen LogP contribution is 2.14. The third-order valence-electron chi connectivity index (χ3n) is 2.44. The van der Waals surface area contributed by atoms with E-state index in [0.717, 1.165) is 16.3 Å². The largest absolute Gasteiger partial charge is 0.303 e. The van der Waals surface area contributed by atoms with Gasteiger partial charge in [-0.2, -0.15) is 0 Å². The first-order chi connectivity index (χ1) is 8.63. The highest BCUT2D eigenvalue weighted by Gasteiger charge is 2.10. The molecule has 0 spiro atoms. The van der Waals surface area contributed by atoms with E-state index in [-0.39, 0.29) is 10.6 Å². The van der Waals surface area contributed by atoms with Gasteiger partial charge in [-0.15, -0.1) is 0 Å². The highest BCUT2D eigenvalue weighted by atomic mass is 79.9. The van der Waals surface area contributed by atoms with Crippen molar-refractivity contribution in [2.75, 3.05) is 0 Å². The molecule has 0 unspecified atom stereocenters. The number of nitro groups is 1. The summed E-state index contributed by atoms with van der Waals surface area (Å²) in [6.45, 7) is 0. The van der Waals surface area contributed by atoms with Gasteiger partial charge in [-0.25, -0.2) is 0 Å². The lowest BCUT2D eigenvalue weighted by molar-refractivity contribution is -0.427. The molecule has 0 aromatic heterocycles. The Morgan fingerprint density at radius 1 is 1.28 bits per heavy atom. The summed E-state index contributed by atoms with van der Waals surface area (Å²) in [7, 11) is 0. The predicted octanol–water partition coefficient (Wildman–Crippen LogP) is 3.52. The molecule has 0 amide bonds. The summed E-state index contributed by atoms with van der Waals surface area (Å²) in [5, 5.41) is 10.9. The minimum absolute atomic E-state index is 0.184. The van der Waals surface area contributed by atoms with Crippen LogP contribution in [0.5, 0.6) is 0 Å². The third-order valence-corrected chi connectivity index (χ3v) is 2.97. The van der Waals surface area contributed by atoms with Crippen molar-refractivity contribution in [3.63, 3.8) is 0 Å². The average molecular weight is 312 g/mol. The van der Waals surface area contributed by atoms with Crippen molar-refractivity contribution in [1.82, 2.24) is 0 Å². The third kappa shape index (κ3) is 5.23. The fourth-order valence-corrected chi connectivity index (χ4v) is 1.76. The highest BCUT2D eigenvalue weighted by molar-refractivity contribution is 9.10. The fourth-order valence-electron chi connectivity index (χ4n) is 1.49. The summed E-state index contributed by atoms with van der Waals surface area (Å²) in [5.41, 5.74) is 1.08. The van der Waals surface area contributed by atoms with E-state index in [4.69, 9.17) is 0 Å². The van der Waals surface area contributed by atoms with Crippen molar-refractivity contribution < 1.29 is 9.72 Å². The number of unbranched alkanes of at least 4 members (excludes halogenated alkanes) is 2. The van der Waals surface area contributed by atoms with E-state index >= 15 is 0 Å². The summed E-state index contributed by atoms with van der Waals surface area (Å²) in [6, 6.07) is 7.43. The average Bonchev–Trinajstić information content (AvgIpc) is 2.35. The number of nitrogens with zero attached hydrogens (tertiary/aromatic N) is 1. The van der Waals surface area contributed by atoms with E-state index < -0.39 is 0 Å². The van der Waals surface area contributed by atoms with Crippen molar-refractivity contribution in [3.8, 4) is 0 Å². The van der Waals surface area contributed by atoms with Crippen molar-refractivity contribution in [1.29, 1.82) is 0 Å². The summed E-state index contributed by atoms with van der Waals surface area (Å²) in [5.74, 6) is 0. The molecule has 1 aromatic carbocycles. The molecule has 0 bridgehead atoms. The molecular weight excluding hydrogens is 298 g/mol. The summed E-state index contributed by atoms with van der Waals surface area (Å²) in [4.78, 5) is 20.7. The standard InChI is InChI=1S/C13H14BrNO3/c14-12-7-5-11(6-8-12)10-13(15(17)18)4-2-1-3-9-16/h4-9H,1-3,10H2/b13-4+. The molecule has 0 saturated carbocycles. The second-order valence-corrected chi connectivity index (χ2v) is 4.77. The van der Waals surface area contributed by atoms with Gasteiger partial charge in [0.15, 0.2) is 0 Å². The zero-order chi connectivity index (χ0) is 13.4. The maximum absolute atomic E-state index is 10.9. The van der Waals surface area contributed by atoms with Gasteiger partial charge in [-0.1, -0.05) is 28.1 Å². The van der Waals surface area contributed by atoms with Crippen molar-refractivity contribution in [3.05, 3.63) is 56.2 Å². The zero-order valence-electron chi connectivity index (χ0n) is 9.84. The molecule has 1 rings (SSSR count). The van der Waals surface area contributed by atoms with Crippen LogP contribution in [0.1, 0.15) is 24.8 Å². The molecule has 0 aliphatic heterocycles. The number of halogens is 1. The van der Waals surface area contributed by atoms with Crippen LogP contribution in [0.25, 0.3) is 0 Å². The van der Waals surface area contributed by atoms with E-state index in [1.807, 2.05) is 24.3 Å². The van der Waals surface area contributed by atoms with E-state index in [0.29, 0.717) is 25.7 Å². The number of rotatable bonds is 7. The van der Waals surface area contributed by atoms with E-state index in [1.165, 1.54) is 0 Å². The number of carbonyl (C=O) groups excluding carboxylic acids is 1. The smallest absolute Gasteiger partial charge is 0.246 e. The van der Waals surface area contributed by atoms with Gasteiger partial charge in [0.2, 0.25) is 5.70 Å². The van der Waals surface area contributed by atoms with Gasteiger partial charge in [0, 0.05) is 10.9 Å². The van der Waals surface area contributed by atoms with Crippen LogP contribution in [0, 0.1) is 10.1 Å². The summed E-state index contributed by atoms with van der Waals surface area (Å²) >= 11 is 3.32. The lowest BCUT2D eigenvalue weighted by atomic mass is 10.1. The molecule has 0 fully saturated rings. The van der Waals surface area contributed by atoms with Gasteiger partial charge in [-0.3, -0.25) is 10.1 Å². The van der Waals surface area contributed by atoms with Crippen LogP contribution >= 0.6 is 15.9 Å². The monoisotopic (exact) mass is 311 g/mol. The number of allylic oxidation sites excluding steroid dienone is 2. The molecule has 18 heavy (non-hydrogen) atoms. The van der Waals surface area contributed by atoms with Crippen LogP contribution in [0.3, 0.4) is 0 Å². The van der Waals surface area contributed by atoms with Gasteiger partial charge in [0.25, 0.3) is 0 Å². The quantitative estimate of drug-likeness (QED) is 0.335. The summed E-state index contributed by atoms with van der Waals surface area (Å²) < 4.78 is 0.948. The second kappa shape index (κ2) is 7.76. The van der Waals surface area contributed by atoms with Crippen molar-refractivity contribution >= 4 is 22.2 Å². The Morgan fingerprint density at radius 2 is 1.94 bits per heavy atom. The van der Waals surface area contributed by atoms with Gasteiger partial charge in [0.1, 0.15) is 6.29 Å². The maximum Gasteiger partial charge on any atom is 0.246 e. The van der Waals surface area contributed by atoms with Gasteiger partial charge in [0.05, 0.1) is 11.3 Å². The molecule has 0 atom stereocenters. The van der Waals surface area contributed by atoms with Crippen LogP contribution in [0.15, 0.2) is 40.5 Å². The van der Waals surface area contributed by atoms with Crippen LogP contribution < -0.4 is 0 Å². The molecule has 0 radical (unpaired) electrons. The number of hydrogen-bond acceptors (Lipinski definition) is 3. The zero-order valence-corrected chi connectivity index (χ0v) is 11.4. The predicted molar refractivity (Wildman–Crippen MR) is 72.8 cm³/mol. The second-order valence-electron chi connectivity index (χ2n) is 3.85. The van der Waals surface area contributed by atoms with Crippen molar-refractivity contribution in [2.24, 2.45) is 0 Å². The number of benzene rings is 1. The number of carbonyl (C=O) groups is 1. The van der Waals surface area contributed by atoms with Gasteiger partial charge < -0.3 is 4.79 Å². The minimum atomic E-state index is -0.358. The summed E-state index contributed by atoms with van der Waals surface area (Å²) in [6.07, 6.45) is 4.40. The molecule has 96 valence electrons. The Bertz CT molecular complexity index is 440. The van der Waals surface area contributed by atoms with Crippen LogP contribution in [-0.2, 0) is 11.2 Å². The first-order valence-electron chi connectivity index (χ1n) is 5.65. The molecule has 1 aromatic rings. The van der Waals surface area contributed by atoms with E-state index in [2.05, 4.69) is 15.9 Å². The first kappa shape index (κ1) is 14.6. The van der Waals surface area contributed by atoms with E-state index in [9.17, 15) is 14.9 Å². The van der Waals surface area contributed by atoms with Gasteiger partial charge in [-0.05, 0) is 36.6 Å². The molecule has 4 nitrogen and oxygen atoms in total. The molecular formula is C13H14BrNO3. The van der Waals surface area contributed by atoms with Gasteiger partial charge >= 0.3 is 0 Å². The van der Waals surface area contributed by atoms with Crippen LogP contribution in [0.2, 0.25) is 0 Å². The Morgan fingerprint density at radius 3 is 2.50 bits per heavy atom. The molecule has 0 aliphatic rings. The SMILES string of the molecule is O=CCCC/C=C(\Cc1ccc(Br)cc1)[N+](=O)[O-]. The lowest BCUT2D eigenvalue weighted by Gasteiger charge is -2.00. The fraction of sp³-hybridized carbons (Fsp3) is 0.308. The molecule has 0 N–H and O–H groups in total. The topological polar surface area (TPSA) is 60.2 Å². The first-order valence-corrected chi connectivity index (χ1v) is 6.44. The van der Waals surface area contributed by atoms with Crippen molar-refractivity contribution in [2.45, 2.75) is 25.7 Å². The Balaban J connectivity index is 2.65. The number of aldehydes is 1. The number of hydrogen-bond donors (Lipinski definition) is 0.